The highest BCUT2D eigenvalue weighted by Crippen LogP contribution is 2.16. The van der Waals surface area contributed by atoms with Crippen LogP contribution in [0.4, 0.5) is 0 Å². The molecule has 1 nitrogen and oxygen atoms in total. The Morgan fingerprint density at radius 3 is 2.39 bits per heavy atom. The first-order chi connectivity index (χ1) is 8.25. The first-order valence-corrected chi connectivity index (χ1v) is 10.4. The molecule has 0 unspecified atom stereocenters. The van der Waals surface area contributed by atoms with Crippen LogP contribution in [0.3, 0.4) is 0 Å². The minimum absolute atomic E-state index is 0.696. The fourth-order valence-corrected chi connectivity index (χ4v) is 3.73. The van der Waals surface area contributed by atoms with Gasteiger partial charge in [0.25, 0.3) is 0 Å². The van der Waals surface area contributed by atoms with Crippen LogP contribution in [0.1, 0.15) is 39.0 Å². The smallest absolute Gasteiger partial charge is 0.0799 e. The second kappa shape index (κ2) is 5.83. The van der Waals surface area contributed by atoms with Crippen molar-refractivity contribution in [3.63, 3.8) is 0 Å². The van der Waals surface area contributed by atoms with E-state index >= 15 is 0 Å². The van der Waals surface area contributed by atoms with Crippen LogP contribution in [0.15, 0.2) is 18.3 Å². The summed E-state index contributed by atoms with van der Waals surface area (Å²) in [6, 6.07) is 2.31. The van der Waals surface area contributed by atoms with Crippen molar-refractivity contribution < 1.29 is 0 Å². The van der Waals surface area contributed by atoms with Gasteiger partial charge in [-0.3, -0.25) is 4.98 Å². The van der Waals surface area contributed by atoms with Crippen LogP contribution in [-0.4, -0.2) is 13.1 Å². The summed E-state index contributed by atoms with van der Waals surface area (Å²) in [6.45, 7) is 16.0. The van der Waals surface area contributed by atoms with Gasteiger partial charge in [-0.25, -0.2) is 0 Å². The van der Waals surface area contributed by atoms with Crippen molar-refractivity contribution in [2.24, 2.45) is 5.92 Å². The summed E-state index contributed by atoms with van der Waals surface area (Å²) in [6.07, 6.45) is 5.42. The molecular formula is C16H27NSi. The molecule has 2 heteroatoms. The first kappa shape index (κ1) is 15.2. The lowest BCUT2D eigenvalue weighted by atomic mass is 10.0. The summed E-state index contributed by atoms with van der Waals surface area (Å²) in [5.41, 5.74) is 3.91. The summed E-state index contributed by atoms with van der Waals surface area (Å²) in [5.74, 6) is 0.696. The quantitative estimate of drug-likeness (QED) is 0.738. The molecular weight excluding hydrogens is 234 g/mol. The molecule has 0 radical (unpaired) electrons. The van der Waals surface area contributed by atoms with Crippen LogP contribution < -0.4 is 5.19 Å². The molecule has 1 aromatic rings. The van der Waals surface area contributed by atoms with Crippen molar-refractivity contribution in [2.45, 2.75) is 53.8 Å². The lowest BCUT2D eigenvalue weighted by molar-refractivity contribution is 0.648. The third-order valence-corrected chi connectivity index (χ3v) is 5.33. The van der Waals surface area contributed by atoms with Crippen molar-refractivity contribution in [3.8, 4) is 0 Å². The van der Waals surface area contributed by atoms with E-state index in [4.69, 9.17) is 0 Å². The molecule has 18 heavy (non-hydrogen) atoms. The Morgan fingerprint density at radius 2 is 1.94 bits per heavy atom. The lowest BCUT2D eigenvalue weighted by Crippen LogP contribution is -2.41. The molecule has 0 fully saturated rings. The number of pyridine rings is 1. The molecule has 0 aliphatic rings. The van der Waals surface area contributed by atoms with Gasteiger partial charge >= 0.3 is 0 Å². The molecule has 1 rings (SSSR count). The predicted molar refractivity (Wildman–Crippen MR) is 85.1 cm³/mol. The van der Waals surface area contributed by atoms with Crippen molar-refractivity contribution in [3.05, 3.63) is 29.6 Å². The third kappa shape index (κ3) is 3.81. The Labute approximate surface area is 113 Å². The first-order valence-electron chi connectivity index (χ1n) is 6.88. The summed E-state index contributed by atoms with van der Waals surface area (Å²) >= 11 is 0. The number of rotatable bonds is 4. The molecule has 0 saturated heterocycles. The topological polar surface area (TPSA) is 12.9 Å². The zero-order valence-electron chi connectivity index (χ0n) is 13.0. The second-order valence-corrected chi connectivity index (χ2v) is 11.6. The average Bonchev–Trinajstić information content (AvgIpc) is 2.25. The van der Waals surface area contributed by atoms with Crippen molar-refractivity contribution >= 4 is 18.8 Å². The van der Waals surface area contributed by atoms with Gasteiger partial charge in [0.1, 0.15) is 0 Å². The van der Waals surface area contributed by atoms with E-state index < -0.39 is 8.07 Å². The molecule has 1 heterocycles. The molecule has 0 aromatic carbocycles. The van der Waals surface area contributed by atoms with Crippen molar-refractivity contribution in [1.29, 1.82) is 0 Å². The van der Waals surface area contributed by atoms with E-state index in [0.717, 1.165) is 12.1 Å². The molecule has 0 aliphatic heterocycles. The standard InChI is InChI=1S/C16H27NSi/c1-8-13(4)15-10-14(9-12(2)3)16(11-17-15)18(5,6)7/h8,10-12H,9H2,1-7H3/b13-8+. The van der Waals surface area contributed by atoms with Crippen LogP contribution in [0.2, 0.25) is 19.6 Å². The minimum Gasteiger partial charge on any atom is -0.257 e. The zero-order valence-corrected chi connectivity index (χ0v) is 14.0. The van der Waals surface area contributed by atoms with Gasteiger partial charge in [-0.1, -0.05) is 39.6 Å². The molecule has 0 spiro atoms. The Kier molecular flexibility index (Phi) is 4.91. The number of hydrogen-bond acceptors (Lipinski definition) is 1. The fraction of sp³-hybridized carbons (Fsp3) is 0.562. The number of hydrogen-bond donors (Lipinski definition) is 0. The van der Waals surface area contributed by atoms with E-state index in [1.54, 1.807) is 0 Å². The molecule has 1 aromatic heterocycles. The van der Waals surface area contributed by atoms with Gasteiger partial charge in [0.2, 0.25) is 0 Å². The van der Waals surface area contributed by atoms with Crippen molar-refractivity contribution in [2.75, 3.05) is 0 Å². The Balaban J connectivity index is 3.29. The van der Waals surface area contributed by atoms with Gasteiger partial charge in [-0.2, -0.15) is 0 Å². The van der Waals surface area contributed by atoms with E-state index in [9.17, 15) is 0 Å². The van der Waals surface area contributed by atoms with E-state index in [0.29, 0.717) is 5.92 Å². The lowest BCUT2D eigenvalue weighted by Gasteiger charge is -2.22. The highest BCUT2D eigenvalue weighted by Gasteiger charge is 2.21. The molecule has 0 saturated carbocycles. The molecule has 0 atom stereocenters. The highest BCUT2D eigenvalue weighted by atomic mass is 28.3. The molecule has 0 amide bonds. The summed E-state index contributed by atoms with van der Waals surface area (Å²) in [5, 5.41) is 1.52. The summed E-state index contributed by atoms with van der Waals surface area (Å²) in [7, 11) is -1.29. The van der Waals surface area contributed by atoms with Gasteiger partial charge in [0.15, 0.2) is 0 Å². The van der Waals surface area contributed by atoms with E-state index in [1.807, 2.05) is 0 Å². The van der Waals surface area contributed by atoms with Crippen LogP contribution in [0.25, 0.3) is 5.57 Å². The van der Waals surface area contributed by atoms with Gasteiger partial charge in [-0.15, -0.1) is 0 Å². The van der Waals surface area contributed by atoms with Crippen molar-refractivity contribution in [1.82, 2.24) is 4.98 Å². The SMILES string of the molecule is C/C=C(\C)c1cc(CC(C)C)c([Si](C)(C)C)cn1. The molecule has 100 valence electrons. The number of nitrogens with zero attached hydrogens (tertiary/aromatic N) is 1. The van der Waals surface area contributed by atoms with Crippen LogP contribution >= 0.6 is 0 Å². The van der Waals surface area contributed by atoms with Gasteiger partial charge in [-0.05, 0) is 48.6 Å². The largest absolute Gasteiger partial charge is 0.257 e. The average molecular weight is 261 g/mol. The fourth-order valence-electron chi connectivity index (χ4n) is 2.14. The van der Waals surface area contributed by atoms with E-state index in [-0.39, 0.29) is 0 Å². The molecule has 0 bridgehead atoms. The molecule has 0 N–H and O–H groups in total. The molecule has 0 aliphatic carbocycles. The maximum Gasteiger partial charge on any atom is 0.0799 e. The maximum absolute atomic E-state index is 4.65. The van der Waals surface area contributed by atoms with Crippen LogP contribution in [0, 0.1) is 5.92 Å². The predicted octanol–water partition coefficient (Wildman–Crippen LogP) is 4.25. The third-order valence-electron chi connectivity index (χ3n) is 3.26. The Hall–Kier alpha value is -0.893. The monoisotopic (exact) mass is 261 g/mol. The van der Waals surface area contributed by atoms with Gasteiger partial charge < -0.3 is 0 Å². The normalized spacial score (nSPS) is 13.2. The number of aromatic nitrogens is 1. The van der Waals surface area contributed by atoms with E-state index in [2.05, 4.69) is 70.7 Å². The highest BCUT2D eigenvalue weighted by molar-refractivity contribution is 6.89. The maximum atomic E-state index is 4.65. The van der Waals surface area contributed by atoms with Gasteiger partial charge in [0, 0.05) is 6.20 Å². The second-order valence-electron chi connectivity index (χ2n) is 6.55. The Bertz CT molecular complexity index is 439. The zero-order chi connectivity index (χ0) is 13.9. The van der Waals surface area contributed by atoms with Crippen LogP contribution in [0.5, 0.6) is 0 Å². The summed E-state index contributed by atoms with van der Waals surface area (Å²) < 4.78 is 0. The van der Waals surface area contributed by atoms with Gasteiger partial charge in [0.05, 0.1) is 13.8 Å². The summed E-state index contributed by atoms with van der Waals surface area (Å²) in [4.78, 5) is 4.65. The van der Waals surface area contributed by atoms with Crippen LogP contribution in [-0.2, 0) is 6.42 Å². The van der Waals surface area contributed by atoms with E-state index in [1.165, 1.54) is 16.3 Å². The minimum atomic E-state index is -1.29. The number of allylic oxidation sites excluding steroid dienone is 2. The Morgan fingerprint density at radius 1 is 1.33 bits per heavy atom.